The first kappa shape index (κ1) is 16.2. The van der Waals surface area contributed by atoms with Crippen LogP contribution in [-0.2, 0) is 13.0 Å². The summed E-state index contributed by atoms with van der Waals surface area (Å²) in [6.45, 7) is 4.20. The molecule has 0 amide bonds. The lowest BCUT2D eigenvalue weighted by atomic mass is 10.1. The Hall–Kier alpha value is -3.28. The molecule has 26 heavy (non-hydrogen) atoms. The number of aryl methyl sites for hydroxylation is 2. The maximum atomic E-state index is 12.9. The highest BCUT2D eigenvalue weighted by atomic mass is 16.5. The van der Waals surface area contributed by atoms with Gasteiger partial charge < -0.3 is 4.52 Å². The van der Waals surface area contributed by atoms with E-state index in [1.165, 1.54) is 0 Å². The van der Waals surface area contributed by atoms with Gasteiger partial charge in [0.25, 0.3) is 11.4 Å². The lowest BCUT2D eigenvalue weighted by Crippen LogP contribution is -2.26. The second kappa shape index (κ2) is 6.55. The van der Waals surface area contributed by atoms with Gasteiger partial charge in [-0.3, -0.25) is 9.36 Å². The van der Waals surface area contributed by atoms with E-state index in [9.17, 15) is 4.79 Å². The molecule has 0 N–H and O–H groups in total. The molecule has 0 unspecified atom stereocenters. The van der Waals surface area contributed by atoms with E-state index in [-0.39, 0.29) is 12.1 Å². The summed E-state index contributed by atoms with van der Waals surface area (Å²) in [6, 6.07) is 15.2. The molecule has 4 aromatic rings. The summed E-state index contributed by atoms with van der Waals surface area (Å²) >= 11 is 0. The molecule has 0 bridgehead atoms. The van der Waals surface area contributed by atoms with Gasteiger partial charge in [0.2, 0.25) is 0 Å². The summed E-state index contributed by atoms with van der Waals surface area (Å²) in [5.41, 5.74) is 2.57. The minimum absolute atomic E-state index is 0.0882. The van der Waals surface area contributed by atoms with Crippen molar-refractivity contribution in [2.75, 3.05) is 0 Å². The van der Waals surface area contributed by atoms with Gasteiger partial charge in [0.1, 0.15) is 5.82 Å². The van der Waals surface area contributed by atoms with Crippen LogP contribution < -0.4 is 5.56 Å². The fourth-order valence-corrected chi connectivity index (χ4v) is 3.03. The fraction of sp³-hybridized carbons (Fsp3) is 0.200. The molecule has 130 valence electrons. The second-order valence-electron chi connectivity index (χ2n) is 6.12. The van der Waals surface area contributed by atoms with E-state index in [0.29, 0.717) is 34.9 Å². The topological polar surface area (TPSA) is 73.8 Å². The zero-order chi connectivity index (χ0) is 18.1. The first-order valence-corrected chi connectivity index (χ1v) is 8.54. The van der Waals surface area contributed by atoms with Gasteiger partial charge in [0.05, 0.1) is 17.4 Å². The van der Waals surface area contributed by atoms with Crippen LogP contribution in [0.1, 0.15) is 24.1 Å². The van der Waals surface area contributed by atoms with E-state index in [0.717, 1.165) is 11.1 Å². The third-order valence-electron chi connectivity index (χ3n) is 4.40. The van der Waals surface area contributed by atoms with Crippen molar-refractivity contribution in [2.45, 2.75) is 26.8 Å². The minimum Gasteiger partial charge on any atom is -0.334 e. The Morgan fingerprint density at radius 3 is 2.62 bits per heavy atom. The van der Waals surface area contributed by atoms with E-state index < -0.39 is 0 Å². The predicted molar refractivity (Wildman–Crippen MR) is 99.0 cm³/mol. The van der Waals surface area contributed by atoms with Crippen molar-refractivity contribution >= 4 is 10.9 Å². The highest BCUT2D eigenvalue weighted by Crippen LogP contribution is 2.21. The number of para-hydroxylation sites is 1. The Morgan fingerprint density at radius 1 is 1.04 bits per heavy atom. The smallest absolute Gasteiger partial charge is 0.261 e. The van der Waals surface area contributed by atoms with Gasteiger partial charge in [-0.25, -0.2) is 4.98 Å². The molecule has 0 fully saturated rings. The van der Waals surface area contributed by atoms with Crippen molar-refractivity contribution in [3.05, 3.63) is 76.1 Å². The maximum absolute atomic E-state index is 12.9. The van der Waals surface area contributed by atoms with Crippen LogP contribution >= 0.6 is 0 Å². The minimum atomic E-state index is -0.0882. The van der Waals surface area contributed by atoms with Crippen LogP contribution in [0.5, 0.6) is 0 Å². The molecule has 0 atom stereocenters. The van der Waals surface area contributed by atoms with Gasteiger partial charge in [-0.15, -0.1) is 0 Å². The number of nitrogens with zero attached hydrogens (tertiary/aromatic N) is 4. The lowest BCUT2D eigenvalue weighted by Gasteiger charge is -2.10. The Balaban J connectivity index is 1.75. The molecule has 6 heteroatoms. The van der Waals surface area contributed by atoms with Crippen molar-refractivity contribution in [1.29, 1.82) is 0 Å². The van der Waals surface area contributed by atoms with Crippen LogP contribution in [0.15, 0.2) is 57.8 Å². The molecule has 0 aliphatic heterocycles. The van der Waals surface area contributed by atoms with Gasteiger partial charge in [0, 0.05) is 12.0 Å². The number of benzene rings is 2. The molecule has 0 radical (unpaired) electrons. The molecule has 2 heterocycles. The Labute approximate surface area is 150 Å². The van der Waals surface area contributed by atoms with Crippen LogP contribution in [0.2, 0.25) is 0 Å². The summed E-state index contributed by atoms with van der Waals surface area (Å²) in [4.78, 5) is 22.0. The molecule has 0 aliphatic carbocycles. The first-order valence-electron chi connectivity index (χ1n) is 8.54. The van der Waals surface area contributed by atoms with Crippen LogP contribution in [0.4, 0.5) is 0 Å². The van der Waals surface area contributed by atoms with Gasteiger partial charge in [-0.2, -0.15) is 4.98 Å². The molecule has 0 spiro atoms. The number of rotatable bonds is 4. The van der Waals surface area contributed by atoms with E-state index in [1.807, 2.05) is 56.3 Å². The standard InChI is InChI=1S/C20H18N4O2/c1-3-18-21-16-11-7-6-10-15(16)20(25)24(18)12-17-22-19(26-23-17)14-9-5-4-8-13(14)2/h4-11H,3,12H2,1-2H3. The number of hydrogen-bond acceptors (Lipinski definition) is 5. The van der Waals surface area contributed by atoms with Crippen LogP contribution in [0, 0.1) is 6.92 Å². The number of aromatic nitrogens is 4. The summed E-state index contributed by atoms with van der Waals surface area (Å²) < 4.78 is 7.03. The fourth-order valence-electron chi connectivity index (χ4n) is 3.03. The molecule has 2 aromatic heterocycles. The third-order valence-corrected chi connectivity index (χ3v) is 4.40. The molecule has 0 saturated carbocycles. The number of fused-ring (bicyclic) bond motifs is 1. The van der Waals surface area contributed by atoms with E-state index in [4.69, 9.17) is 4.52 Å². The molecule has 0 saturated heterocycles. The quantitative estimate of drug-likeness (QED) is 0.566. The van der Waals surface area contributed by atoms with Crippen molar-refractivity contribution in [3.8, 4) is 11.5 Å². The van der Waals surface area contributed by atoms with Gasteiger partial charge in [0.15, 0.2) is 5.82 Å². The van der Waals surface area contributed by atoms with Crippen molar-refractivity contribution in [1.82, 2.24) is 19.7 Å². The largest absolute Gasteiger partial charge is 0.334 e. The number of hydrogen-bond donors (Lipinski definition) is 0. The summed E-state index contributed by atoms with van der Waals surface area (Å²) in [5.74, 6) is 1.62. The van der Waals surface area contributed by atoms with Crippen molar-refractivity contribution in [3.63, 3.8) is 0 Å². The summed E-state index contributed by atoms with van der Waals surface area (Å²) in [5, 5.41) is 4.64. The van der Waals surface area contributed by atoms with Gasteiger partial charge >= 0.3 is 0 Å². The Bertz CT molecular complexity index is 1140. The van der Waals surface area contributed by atoms with Gasteiger partial charge in [-0.1, -0.05) is 42.4 Å². The average Bonchev–Trinajstić information content (AvgIpc) is 3.12. The maximum Gasteiger partial charge on any atom is 0.261 e. The van der Waals surface area contributed by atoms with Crippen molar-refractivity contribution < 1.29 is 4.52 Å². The predicted octanol–water partition coefficient (Wildman–Crippen LogP) is 3.37. The molecule has 6 nitrogen and oxygen atoms in total. The Kier molecular flexibility index (Phi) is 4.08. The SMILES string of the molecule is CCc1nc2ccccc2c(=O)n1Cc1noc(-c2ccccc2C)n1. The molecule has 0 aliphatic rings. The van der Waals surface area contributed by atoms with E-state index >= 15 is 0 Å². The Morgan fingerprint density at radius 2 is 1.81 bits per heavy atom. The first-order chi connectivity index (χ1) is 12.7. The van der Waals surface area contributed by atoms with Crippen LogP contribution in [0.3, 0.4) is 0 Å². The summed E-state index contributed by atoms with van der Waals surface area (Å²) in [7, 11) is 0. The average molecular weight is 346 g/mol. The molecular weight excluding hydrogens is 328 g/mol. The summed E-state index contributed by atoms with van der Waals surface area (Å²) in [6.07, 6.45) is 0.641. The molecular formula is C20H18N4O2. The van der Waals surface area contributed by atoms with Gasteiger partial charge in [-0.05, 0) is 30.7 Å². The third kappa shape index (κ3) is 2.79. The van der Waals surface area contributed by atoms with Crippen LogP contribution in [0.25, 0.3) is 22.4 Å². The normalized spacial score (nSPS) is 11.2. The van der Waals surface area contributed by atoms with E-state index in [1.54, 1.807) is 10.6 Å². The molecule has 4 rings (SSSR count). The van der Waals surface area contributed by atoms with Crippen LogP contribution in [-0.4, -0.2) is 19.7 Å². The zero-order valence-corrected chi connectivity index (χ0v) is 14.6. The second-order valence-corrected chi connectivity index (χ2v) is 6.12. The highest BCUT2D eigenvalue weighted by Gasteiger charge is 2.15. The highest BCUT2D eigenvalue weighted by molar-refractivity contribution is 5.77. The molecule has 2 aromatic carbocycles. The lowest BCUT2D eigenvalue weighted by molar-refractivity contribution is 0.419. The zero-order valence-electron chi connectivity index (χ0n) is 14.6. The monoisotopic (exact) mass is 346 g/mol. The van der Waals surface area contributed by atoms with E-state index in [2.05, 4.69) is 15.1 Å². The van der Waals surface area contributed by atoms with Crippen molar-refractivity contribution in [2.24, 2.45) is 0 Å².